The highest BCUT2D eigenvalue weighted by molar-refractivity contribution is 6.02. The molecule has 0 spiro atoms. The Morgan fingerprint density at radius 3 is 2.00 bits per heavy atom. The van der Waals surface area contributed by atoms with Crippen LogP contribution in [0.15, 0.2) is 23.2 Å². The predicted molar refractivity (Wildman–Crippen MR) is 68.9 cm³/mol. The van der Waals surface area contributed by atoms with Gasteiger partial charge in [-0.05, 0) is 26.0 Å². The zero-order valence-corrected chi connectivity index (χ0v) is 10.5. The van der Waals surface area contributed by atoms with E-state index in [1.165, 1.54) is 0 Å². The Morgan fingerprint density at radius 2 is 1.61 bits per heavy atom. The lowest BCUT2D eigenvalue weighted by Gasteiger charge is -2.09. The highest BCUT2D eigenvalue weighted by Crippen LogP contribution is 2.23. The van der Waals surface area contributed by atoms with Gasteiger partial charge in [-0.3, -0.25) is 4.79 Å². The van der Waals surface area contributed by atoms with E-state index in [-0.39, 0.29) is 5.96 Å². The minimum atomic E-state index is -0.530. The number of carbonyl (C=O) groups is 1. The molecule has 6 nitrogen and oxygen atoms in total. The Labute approximate surface area is 106 Å². The van der Waals surface area contributed by atoms with Crippen molar-refractivity contribution in [2.75, 3.05) is 13.2 Å². The van der Waals surface area contributed by atoms with Crippen LogP contribution in [0.25, 0.3) is 0 Å². The van der Waals surface area contributed by atoms with Crippen molar-refractivity contribution in [2.24, 2.45) is 16.5 Å². The summed E-state index contributed by atoms with van der Waals surface area (Å²) in [6, 6.07) is 4.85. The molecule has 0 heterocycles. The number of hydrogen-bond acceptors (Lipinski definition) is 3. The maximum absolute atomic E-state index is 11.7. The average Bonchev–Trinajstić information content (AvgIpc) is 2.28. The number of rotatable bonds is 5. The standard InChI is InChI=1S/C12H17N3O3/c1-3-17-9-5-8(11(16)15-12(13)14)6-10(7-9)18-4-2/h5-7H,3-4H2,1-2H3,(H4,13,14,15,16). The molecule has 0 saturated heterocycles. The van der Waals surface area contributed by atoms with E-state index >= 15 is 0 Å². The summed E-state index contributed by atoms with van der Waals surface area (Å²) in [7, 11) is 0. The second-order valence-electron chi connectivity index (χ2n) is 3.40. The Kier molecular flexibility index (Phi) is 4.98. The van der Waals surface area contributed by atoms with Gasteiger partial charge in [0.25, 0.3) is 5.91 Å². The number of carbonyl (C=O) groups excluding carboxylic acids is 1. The molecule has 6 heteroatoms. The van der Waals surface area contributed by atoms with E-state index < -0.39 is 5.91 Å². The van der Waals surface area contributed by atoms with Crippen LogP contribution in [0, 0.1) is 0 Å². The molecule has 0 fully saturated rings. The van der Waals surface area contributed by atoms with Gasteiger partial charge in [-0.2, -0.15) is 4.99 Å². The Bertz CT molecular complexity index is 430. The number of ether oxygens (including phenoxy) is 2. The van der Waals surface area contributed by atoms with Gasteiger partial charge in [0.15, 0.2) is 5.96 Å². The van der Waals surface area contributed by atoms with Crippen molar-refractivity contribution in [1.29, 1.82) is 0 Å². The van der Waals surface area contributed by atoms with Gasteiger partial charge in [0.2, 0.25) is 0 Å². The van der Waals surface area contributed by atoms with Gasteiger partial charge >= 0.3 is 0 Å². The van der Waals surface area contributed by atoms with Crippen molar-refractivity contribution in [2.45, 2.75) is 13.8 Å². The molecule has 0 atom stereocenters. The van der Waals surface area contributed by atoms with Crippen molar-refractivity contribution >= 4 is 11.9 Å². The molecule has 4 N–H and O–H groups in total. The molecule has 0 saturated carbocycles. The van der Waals surface area contributed by atoms with Gasteiger partial charge in [-0.1, -0.05) is 0 Å². The first kappa shape index (κ1) is 13.8. The minimum absolute atomic E-state index is 0.278. The predicted octanol–water partition coefficient (Wildman–Crippen LogP) is 0.898. The molecule has 0 aliphatic heterocycles. The van der Waals surface area contributed by atoms with E-state index in [9.17, 15) is 4.79 Å². The number of hydrogen-bond donors (Lipinski definition) is 2. The minimum Gasteiger partial charge on any atom is -0.494 e. The molecule has 0 aromatic heterocycles. The lowest BCUT2D eigenvalue weighted by molar-refractivity contribution is 0.100. The zero-order valence-electron chi connectivity index (χ0n) is 10.5. The number of nitrogens with two attached hydrogens (primary N) is 2. The van der Waals surface area contributed by atoms with Gasteiger partial charge in [0.1, 0.15) is 11.5 Å². The number of aliphatic imine (C=N–C) groups is 1. The third-order valence-corrected chi connectivity index (χ3v) is 1.98. The molecule has 0 aliphatic rings. The van der Waals surface area contributed by atoms with E-state index in [4.69, 9.17) is 20.9 Å². The van der Waals surface area contributed by atoms with Crippen LogP contribution in [0.5, 0.6) is 11.5 Å². The highest BCUT2D eigenvalue weighted by Gasteiger charge is 2.09. The molecule has 1 aromatic carbocycles. The molecule has 18 heavy (non-hydrogen) atoms. The summed E-state index contributed by atoms with van der Waals surface area (Å²) >= 11 is 0. The monoisotopic (exact) mass is 251 g/mol. The quantitative estimate of drug-likeness (QED) is 0.598. The van der Waals surface area contributed by atoms with Crippen LogP contribution >= 0.6 is 0 Å². The maximum Gasteiger partial charge on any atom is 0.280 e. The molecule has 1 amide bonds. The molecule has 0 unspecified atom stereocenters. The van der Waals surface area contributed by atoms with E-state index in [0.717, 1.165) is 0 Å². The maximum atomic E-state index is 11.7. The summed E-state index contributed by atoms with van der Waals surface area (Å²) in [5, 5.41) is 0. The fourth-order valence-electron chi connectivity index (χ4n) is 1.38. The average molecular weight is 251 g/mol. The van der Waals surface area contributed by atoms with Gasteiger partial charge < -0.3 is 20.9 Å². The number of benzene rings is 1. The van der Waals surface area contributed by atoms with Crippen LogP contribution in [0.1, 0.15) is 24.2 Å². The highest BCUT2D eigenvalue weighted by atomic mass is 16.5. The van der Waals surface area contributed by atoms with Crippen molar-refractivity contribution < 1.29 is 14.3 Å². The Balaban J connectivity index is 3.09. The van der Waals surface area contributed by atoms with Crippen LogP contribution in [0.2, 0.25) is 0 Å². The normalized spacial score (nSPS) is 9.67. The molecule has 1 aromatic rings. The lowest BCUT2D eigenvalue weighted by atomic mass is 10.2. The summed E-state index contributed by atoms with van der Waals surface area (Å²) in [6.07, 6.45) is 0. The van der Waals surface area contributed by atoms with Crippen LogP contribution < -0.4 is 20.9 Å². The summed E-state index contributed by atoms with van der Waals surface area (Å²) in [6.45, 7) is 4.69. The zero-order chi connectivity index (χ0) is 13.5. The van der Waals surface area contributed by atoms with Gasteiger partial charge in [0.05, 0.1) is 13.2 Å². The van der Waals surface area contributed by atoms with Gasteiger partial charge in [0, 0.05) is 11.6 Å². The fraction of sp³-hybridized carbons (Fsp3) is 0.333. The largest absolute Gasteiger partial charge is 0.494 e. The van der Waals surface area contributed by atoms with Crippen LogP contribution in [0.4, 0.5) is 0 Å². The van der Waals surface area contributed by atoms with Crippen LogP contribution in [-0.4, -0.2) is 25.1 Å². The van der Waals surface area contributed by atoms with Gasteiger partial charge in [-0.25, -0.2) is 0 Å². The topological polar surface area (TPSA) is 99.9 Å². The first-order chi connectivity index (χ1) is 8.56. The van der Waals surface area contributed by atoms with E-state index in [0.29, 0.717) is 30.3 Å². The van der Waals surface area contributed by atoms with Crippen molar-refractivity contribution in [3.63, 3.8) is 0 Å². The summed E-state index contributed by atoms with van der Waals surface area (Å²) in [4.78, 5) is 15.2. The number of guanidine groups is 1. The molecular formula is C12H17N3O3. The van der Waals surface area contributed by atoms with E-state index in [1.807, 2.05) is 13.8 Å². The van der Waals surface area contributed by atoms with Crippen LogP contribution in [-0.2, 0) is 0 Å². The lowest BCUT2D eigenvalue weighted by Crippen LogP contribution is -2.24. The molecular weight excluding hydrogens is 234 g/mol. The molecule has 0 bridgehead atoms. The SMILES string of the molecule is CCOc1cc(OCC)cc(C(=O)N=C(N)N)c1. The van der Waals surface area contributed by atoms with Crippen molar-refractivity contribution in [3.05, 3.63) is 23.8 Å². The number of amides is 1. The van der Waals surface area contributed by atoms with Crippen molar-refractivity contribution in [1.82, 2.24) is 0 Å². The third-order valence-electron chi connectivity index (χ3n) is 1.98. The first-order valence-corrected chi connectivity index (χ1v) is 5.61. The molecule has 0 radical (unpaired) electrons. The Hall–Kier alpha value is -2.24. The fourth-order valence-corrected chi connectivity index (χ4v) is 1.38. The van der Waals surface area contributed by atoms with E-state index in [1.54, 1.807) is 18.2 Å². The first-order valence-electron chi connectivity index (χ1n) is 5.61. The smallest absolute Gasteiger partial charge is 0.280 e. The second-order valence-corrected chi connectivity index (χ2v) is 3.40. The van der Waals surface area contributed by atoms with Crippen LogP contribution in [0.3, 0.4) is 0 Å². The van der Waals surface area contributed by atoms with Gasteiger partial charge in [-0.15, -0.1) is 0 Å². The Morgan fingerprint density at radius 1 is 1.11 bits per heavy atom. The van der Waals surface area contributed by atoms with Crippen molar-refractivity contribution in [3.8, 4) is 11.5 Å². The third kappa shape index (κ3) is 3.97. The molecule has 1 rings (SSSR count). The summed E-state index contributed by atoms with van der Waals surface area (Å²) in [5.74, 6) is 0.271. The number of nitrogens with zero attached hydrogens (tertiary/aromatic N) is 1. The summed E-state index contributed by atoms with van der Waals surface area (Å²) < 4.78 is 10.7. The van der Waals surface area contributed by atoms with E-state index in [2.05, 4.69) is 4.99 Å². The second kappa shape index (κ2) is 6.48. The molecule has 0 aliphatic carbocycles. The summed E-state index contributed by atoms with van der Waals surface area (Å²) in [5.41, 5.74) is 10.7. The molecule has 98 valence electrons.